The van der Waals surface area contributed by atoms with Gasteiger partial charge in [-0.05, 0) is 43.2 Å². The Hall–Kier alpha value is -0.627. The Balaban J connectivity index is 0.000000878. The SMILES string of the molecule is CC1CCC(N=Cc2cccc(C(C)(C)c3ccccc3)c2O)CC1.[Cl][Zr][Cl]. The summed E-state index contributed by atoms with van der Waals surface area (Å²) < 4.78 is 0. The molecule has 0 atom stereocenters. The zero-order valence-corrected chi connectivity index (χ0v) is 20.8. The van der Waals surface area contributed by atoms with Crippen LogP contribution < -0.4 is 0 Å². The van der Waals surface area contributed by atoms with E-state index >= 15 is 0 Å². The van der Waals surface area contributed by atoms with Crippen LogP contribution >= 0.6 is 17.0 Å². The maximum atomic E-state index is 10.9. The minimum absolute atomic E-state index is 0.255. The molecule has 0 aromatic heterocycles. The Morgan fingerprint density at radius 3 is 2.21 bits per heavy atom. The number of aromatic hydroxyl groups is 1. The first kappa shape index (κ1) is 23.7. The third-order valence-electron chi connectivity index (χ3n) is 5.65. The van der Waals surface area contributed by atoms with Gasteiger partial charge < -0.3 is 5.11 Å². The van der Waals surface area contributed by atoms with Gasteiger partial charge in [-0.3, -0.25) is 4.99 Å². The quantitative estimate of drug-likeness (QED) is 0.449. The third kappa shape index (κ3) is 6.44. The van der Waals surface area contributed by atoms with Crippen molar-refractivity contribution >= 4 is 23.2 Å². The molecule has 0 unspecified atom stereocenters. The van der Waals surface area contributed by atoms with E-state index in [1.807, 2.05) is 42.6 Å². The Morgan fingerprint density at radius 2 is 1.61 bits per heavy atom. The van der Waals surface area contributed by atoms with Crippen molar-refractivity contribution in [2.75, 3.05) is 0 Å². The zero-order chi connectivity index (χ0) is 20.6. The van der Waals surface area contributed by atoms with E-state index in [1.54, 1.807) is 0 Å². The molecule has 28 heavy (non-hydrogen) atoms. The fourth-order valence-corrected chi connectivity index (χ4v) is 3.76. The summed E-state index contributed by atoms with van der Waals surface area (Å²) in [6.45, 7) is 6.63. The van der Waals surface area contributed by atoms with E-state index in [-0.39, 0.29) is 5.41 Å². The van der Waals surface area contributed by atoms with E-state index < -0.39 is 20.8 Å². The first-order valence-electron chi connectivity index (χ1n) is 9.77. The number of phenols is 1. The number of nitrogens with zero attached hydrogens (tertiary/aromatic N) is 1. The molecule has 1 fully saturated rings. The Morgan fingerprint density at radius 1 is 1.00 bits per heavy atom. The molecule has 0 bridgehead atoms. The topological polar surface area (TPSA) is 32.6 Å². The minimum atomic E-state index is -0.826. The summed E-state index contributed by atoms with van der Waals surface area (Å²) in [5, 5.41) is 10.9. The van der Waals surface area contributed by atoms with Crippen molar-refractivity contribution in [1.29, 1.82) is 0 Å². The number of benzene rings is 2. The van der Waals surface area contributed by atoms with Crippen LogP contribution in [-0.4, -0.2) is 17.4 Å². The average molecular weight is 498 g/mol. The number of para-hydroxylation sites is 1. The molecule has 0 heterocycles. The summed E-state index contributed by atoms with van der Waals surface area (Å²) in [6.07, 6.45) is 6.71. The van der Waals surface area contributed by atoms with E-state index in [0.29, 0.717) is 11.8 Å². The van der Waals surface area contributed by atoms with Crippen LogP contribution in [0.2, 0.25) is 0 Å². The zero-order valence-electron chi connectivity index (χ0n) is 16.8. The van der Waals surface area contributed by atoms with E-state index in [0.717, 1.165) is 29.9 Å². The molecule has 150 valence electrons. The number of hydrogen-bond acceptors (Lipinski definition) is 2. The molecule has 1 aliphatic carbocycles. The van der Waals surface area contributed by atoms with E-state index in [9.17, 15) is 5.11 Å². The van der Waals surface area contributed by atoms with Crippen molar-refractivity contribution in [2.24, 2.45) is 10.9 Å². The molecular formula is C23H29Cl2NOZr. The molecule has 1 saturated carbocycles. The molecule has 0 aliphatic heterocycles. The Bertz CT molecular complexity index is 756. The summed E-state index contributed by atoms with van der Waals surface area (Å²) in [5.41, 5.74) is 2.70. The summed E-state index contributed by atoms with van der Waals surface area (Å²) in [4.78, 5) is 4.76. The molecule has 0 spiro atoms. The molecule has 1 aliphatic rings. The van der Waals surface area contributed by atoms with Crippen molar-refractivity contribution < 1.29 is 26.0 Å². The Labute approximate surface area is 188 Å². The number of aliphatic imine (C=N–C) groups is 1. The first-order chi connectivity index (χ1) is 13.4. The van der Waals surface area contributed by atoms with Gasteiger partial charge in [0.15, 0.2) is 0 Å². The van der Waals surface area contributed by atoms with Crippen LogP contribution in [-0.2, 0) is 26.3 Å². The second kappa shape index (κ2) is 11.5. The van der Waals surface area contributed by atoms with Crippen LogP contribution in [0.5, 0.6) is 5.75 Å². The van der Waals surface area contributed by atoms with Gasteiger partial charge in [0.25, 0.3) is 0 Å². The molecule has 0 radical (unpaired) electrons. The van der Waals surface area contributed by atoms with Crippen LogP contribution in [0.1, 0.15) is 63.1 Å². The van der Waals surface area contributed by atoms with Crippen molar-refractivity contribution in [3.8, 4) is 5.75 Å². The number of phenolic OH excluding ortho intramolecular Hbond substituents is 1. The summed E-state index contributed by atoms with van der Waals surface area (Å²) in [7, 11) is 9.87. The van der Waals surface area contributed by atoms with Gasteiger partial charge in [-0.25, -0.2) is 0 Å². The predicted molar refractivity (Wildman–Crippen MR) is 117 cm³/mol. The molecular weight excluding hydrogens is 468 g/mol. The standard InChI is InChI=1S/C23H29NO.2ClH.Zr/c1-17-12-14-20(15-13-17)24-16-18-8-7-11-21(22(18)25)23(2,3)19-9-5-4-6-10-19;;;/h4-11,16-17,20,25H,12-15H2,1-3H3;2*1H;/q;;;+2/p-2. The van der Waals surface area contributed by atoms with Crippen LogP contribution in [0.25, 0.3) is 0 Å². The molecule has 2 aromatic rings. The van der Waals surface area contributed by atoms with Crippen LogP contribution in [0.15, 0.2) is 53.5 Å². The molecule has 0 saturated heterocycles. The number of rotatable bonds is 4. The van der Waals surface area contributed by atoms with Crippen molar-refractivity contribution in [2.45, 2.75) is 57.9 Å². The van der Waals surface area contributed by atoms with Gasteiger partial charge in [0.05, 0.1) is 0 Å². The molecule has 3 rings (SSSR count). The molecule has 1 N–H and O–H groups in total. The summed E-state index contributed by atoms with van der Waals surface area (Å²) in [6, 6.07) is 16.7. The van der Waals surface area contributed by atoms with Crippen LogP contribution in [0, 0.1) is 5.92 Å². The maximum absolute atomic E-state index is 10.9. The number of halogens is 2. The van der Waals surface area contributed by atoms with E-state index in [1.165, 1.54) is 18.4 Å². The van der Waals surface area contributed by atoms with Crippen molar-refractivity contribution in [1.82, 2.24) is 0 Å². The van der Waals surface area contributed by atoms with Crippen LogP contribution in [0.3, 0.4) is 0 Å². The van der Waals surface area contributed by atoms with Gasteiger partial charge in [-0.2, -0.15) is 0 Å². The number of hydrogen-bond donors (Lipinski definition) is 1. The summed E-state index contributed by atoms with van der Waals surface area (Å²) in [5.74, 6) is 1.18. The fraction of sp³-hybridized carbons (Fsp3) is 0.435. The van der Waals surface area contributed by atoms with E-state index in [4.69, 9.17) is 22.0 Å². The van der Waals surface area contributed by atoms with Gasteiger partial charge in [0.2, 0.25) is 0 Å². The molecule has 2 nitrogen and oxygen atoms in total. The fourth-order valence-electron chi connectivity index (χ4n) is 3.76. The van der Waals surface area contributed by atoms with Gasteiger partial charge in [0, 0.05) is 28.8 Å². The Kier molecular flexibility index (Phi) is 9.74. The van der Waals surface area contributed by atoms with E-state index in [2.05, 4.69) is 32.9 Å². The van der Waals surface area contributed by atoms with Crippen molar-refractivity contribution in [3.63, 3.8) is 0 Å². The summed E-state index contributed by atoms with van der Waals surface area (Å²) >= 11 is -0.826. The van der Waals surface area contributed by atoms with Gasteiger partial charge in [-0.15, -0.1) is 0 Å². The molecule has 5 heteroatoms. The monoisotopic (exact) mass is 495 g/mol. The average Bonchev–Trinajstić information content (AvgIpc) is 2.69. The second-order valence-corrected chi connectivity index (χ2v) is 11.7. The van der Waals surface area contributed by atoms with Crippen LogP contribution in [0.4, 0.5) is 0 Å². The van der Waals surface area contributed by atoms with Gasteiger partial charge >= 0.3 is 37.9 Å². The first-order valence-corrected chi connectivity index (χ1v) is 16.1. The second-order valence-electron chi connectivity index (χ2n) is 8.00. The normalized spacial score (nSPS) is 19.8. The molecule has 0 amide bonds. The van der Waals surface area contributed by atoms with Gasteiger partial charge in [-0.1, -0.05) is 63.2 Å². The van der Waals surface area contributed by atoms with Gasteiger partial charge in [0.1, 0.15) is 5.75 Å². The molecule has 2 aromatic carbocycles. The third-order valence-corrected chi connectivity index (χ3v) is 5.65. The predicted octanol–water partition coefficient (Wildman–Crippen LogP) is 7.09. The van der Waals surface area contributed by atoms with Crippen molar-refractivity contribution in [3.05, 3.63) is 65.2 Å².